The zero-order valence-electron chi connectivity index (χ0n) is 16.9. The van der Waals surface area contributed by atoms with Gasteiger partial charge in [-0.05, 0) is 61.4 Å². The molecular weight excluding hydrogens is 368 g/mol. The van der Waals surface area contributed by atoms with Crippen LogP contribution in [-0.2, 0) is 6.54 Å². The van der Waals surface area contributed by atoms with Gasteiger partial charge in [-0.3, -0.25) is 4.90 Å². The Morgan fingerprint density at radius 3 is 2.75 bits per heavy atom. The average Bonchev–Trinajstić information content (AvgIpc) is 3.22. The molecule has 1 aliphatic rings. The highest BCUT2D eigenvalue weighted by molar-refractivity contribution is 7.07. The predicted octanol–water partition coefficient (Wildman–Crippen LogP) is 3.70. The lowest BCUT2D eigenvalue weighted by Crippen LogP contribution is -2.49. The van der Waals surface area contributed by atoms with Crippen molar-refractivity contribution in [3.8, 4) is 0 Å². The molecule has 2 aromatic rings. The lowest BCUT2D eigenvalue weighted by molar-refractivity contribution is 0.138. The van der Waals surface area contributed by atoms with Gasteiger partial charge in [-0.15, -0.1) is 0 Å². The summed E-state index contributed by atoms with van der Waals surface area (Å²) in [6.07, 6.45) is 3.61. The Bertz CT molecular complexity index is 705. The highest BCUT2D eigenvalue weighted by atomic mass is 32.1. The molecule has 1 aromatic carbocycles. The molecule has 152 valence electrons. The zero-order chi connectivity index (χ0) is 19.8. The van der Waals surface area contributed by atoms with Gasteiger partial charge in [0.25, 0.3) is 0 Å². The minimum Gasteiger partial charge on any atom is -0.337 e. The van der Waals surface area contributed by atoms with Crippen molar-refractivity contribution >= 4 is 17.4 Å². The van der Waals surface area contributed by atoms with Crippen LogP contribution in [0.5, 0.6) is 0 Å². The second-order valence-electron chi connectivity index (χ2n) is 7.73. The van der Waals surface area contributed by atoms with Crippen LogP contribution in [0.1, 0.15) is 36.4 Å². The Kier molecular flexibility index (Phi) is 7.89. The number of thiophene rings is 1. The van der Waals surface area contributed by atoms with Crippen LogP contribution in [0.4, 0.5) is 4.79 Å². The quantitative estimate of drug-likeness (QED) is 0.710. The number of rotatable bonds is 8. The molecule has 28 heavy (non-hydrogen) atoms. The molecule has 2 amide bonds. The molecule has 3 rings (SSSR count). The van der Waals surface area contributed by atoms with E-state index in [-0.39, 0.29) is 12.1 Å². The standard InChI is InChI=1S/C22H32N4OS/c1-25(2)21(19-11-13-28-17-19)15-24-22(27)23-14-20-10-6-7-12-26(20)16-18-8-4-3-5-9-18/h3-5,8-9,11,13,17,20-21H,6-7,10,12,14-16H2,1-2H3,(H2,23,24,27). The summed E-state index contributed by atoms with van der Waals surface area (Å²) in [5, 5.41) is 10.4. The van der Waals surface area contributed by atoms with Gasteiger partial charge in [0.05, 0.1) is 6.04 Å². The number of nitrogens with zero attached hydrogens (tertiary/aromatic N) is 2. The molecule has 0 bridgehead atoms. The first-order valence-electron chi connectivity index (χ1n) is 10.1. The van der Waals surface area contributed by atoms with Crippen LogP contribution in [-0.4, -0.2) is 55.6 Å². The van der Waals surface area contributed by atoms with Gasteiger partial charge >= 0.3 is 6.03 Å². The van der Waals surface area contributed by atoms with Crippen molar-refractivity contribution in [1.82, 2.24) is 20.4 Å². The number of urea groups is 1. The second kappa shape index (κ2) is 10.6. The topological polar surface area (TPSA) is 47.6 Å². The van der Waals surface area contributed by atoms with Crippen molar-refractivity contribution < 1.29 is 4.79 Å². The number of likely N-dealkylation sites (tertiary alicyclic amines) is 1. The molecule has 0 radical (unpaired) electrons. The minimum atomic E-state index is -0.0766. The largest absolute Gasteiger partial charge is 0.337 e. The smallest absolute Gasteiger partial charge is 0.314 e. The van der Waals surface area contributed by atoms with Gasteiger partial charge in [-0.25, -0.2) is 4.79 Å². The molecule has 2 atom stereocenters. The number of likely N-dealkylation sites (N-methyl/N-ethyl adjacent to an activating group) is 1. The van der Waals surface area contributed by atoms with Gasteiger partial charge < -0.3 is 15.5 Å². The molecule has 0 spiro atoms. The summed E-state index contributed by atoms with van der Waals surface area (Å²) in [6, 6.07) is 13.2. The van der Waals surface area contributed by atoms with E-state index in [1.165, 1.54) is 24.0 Å². The number of amides is 2. The Morgan fingerprint density at radius 1 is 1.21 bits per heavy atom. The number of benzene rings is 1. The number of nitrogens with one attached hydrogen (secondary N) is 2. The monoisotopic (exact) mass is 400 g/mol. The molecule has 2 unspecified atom stereocenters. The number of carbonyl (C=O) groups excluding carboxylic acids is 1. The van der Waals surface area contributed by atoms with Gasteiger partial charge in [0.2, 0.25) is 0 Å². The van der Waals surface area contributed by atoms with Crippen molar-refractivity contribution in [1.29, 1.82) is 0 Å². The van der Waals surface area contributed by atoms with Crippen LogP contribution >= 0.6 is 11.3 Å². The van der Waals surface area contributed by atoms with E-state index in [2.05, 4.69) is 67.6 Å². The van der Waals surface area contributed by atoms with Crippen LogP contribution in [0.3, 0.4) is 0 Å². The predicted molar refractivity (Wildman–Crippen MR) is 117 cm³/mol. The Balaban J connectivity index is 1.47. The third kappa shape index (κ3) is 6.06. The van der Waals surface area contributed by atoms with Gasteiger partial charge in [0.1, 0.15) is 0 Å². The van der Waals surface area contributed by atoms with Gasteiger partial charge in [-0.1, -0.05) is 36.8 Å². The van der Waals surface area contributed by atoms with E-state index in [1.54, 1.807) is 11.3 Å². The minimum absolute atomic E-state index is 0.0766. The van der Waals surface area contributed by atoms with Crippen LogP contribution < -0.4 is 10.6 Å². The molecule has 5 nitrogen and oxygen atoms in total. The maximum Gasteiger partial charge on any atom is 0.314 e. The van der Waals surface area contributed by atoms with E-state index in [0.717, 1.165) is 19.5 Å². The maximum absolute atomic E-state index is 12.4. The van der Waals surface area contributed by atoms with Gasteiger partial charge in [-0.2, -0.15) is 11.3 Å². The highest BCUT2D eigenvalue weighted by Crippen LogP contribution is 2.20. The summed E-state index contributed by atoms with van der Waals surface area (Å²) in [7, 11) is 4.09. The lowest BCUT2D eigenvalue weighted by atomic mass is 10.0. The number of carbonyl (C=O) groups is 1. The fourth-order valence-electron chi connectivity index (χ4n) is 3.84. The molecule has 1 fully saturated rings. The third-order valence-electron chi connectivity index (χ3n) is 5.48. The normalized spacial score (nSPS) is 18.8. The van der Waals surface area contributed by atoms with Gasteiger partial charge in [0.15, 0.2) is 0 Å². The lowest BCUT2D eigenvalue weighted by Gasteiger charge is -2.36. The molecule has 0 aliphatic carbocycles. The first-order chi connectivity index (χ1) is 13.6. The molecule has 2 N–H and O–H groups in total. The van der Waals surface area contributed by atoms with Crippen molar-refractivity contribution in [2.75, 3.05) is 33.7 Å². The van der Waals surface area contributed by atoms with Crippen LogP contribution in [0.15, 0.2) is 47.2 Å². The highest BCUT2D eigenvalue weighted by Gasteiger charge is 2.23. The van der Waals surface area contributed by atoms with E-state index in [1.807, 2.05) is 14.1 Å². The van der Waals surface area contributed by atoms with Crippen molar-refractivity contribution in [2.24, 2.45) is 0 Å². The van der Waals surface area contributed by atoms with E-state index in [4.69, 9.17) is 0 Å². The van der Waals surface area contributed by atoms with Crippen LogP contribution in [0.25, 0.3) is 0 Å². The fourth-order valence-corrected chi connectivity index (χ4v) is 4.55. The second-order valence-corrected chi connectivity index (χ2v) is 8.51. The Labute approximate surface area is 172 Å². The summed E-state index contributed by atoms with van der Waals surface area (Å²) in [5.74, 6) is 0. The molecule has 1 saturated heterocycles. The van der Waals surface area contributed by atoms with E-state index in [9.17, 15) is 4.79 Å². The van der Waals surface area contributed by atoms with Crippen LogP contribution in [0, 0.1) is 0 Å². The molecular formula is C22H32N4OS. The van der Waals surface area contributed by atoms with Crippen LogP contribution in [0.2, 0.25) is 0 Å². The van der Waals surface area contributed by atoms with E-state index < -0.39 is 0 Å². The van der Waals surface area contributed by atoms with Crippen molar-refractivity contribution in [2.45, 2.75) is 37.9 Å². The van der Waals surface area contributed by atoms with E-state index >= 15 is 0 Å². The first kappa shape index (κ1) is 20.8. The Hall–Kier alpha value is -1.89. The average molecular weight is 401 g/mol. The number of hydrogen-bond donors (Lipinski definition) is 2. The summed E-state index contributed by atoms with van der Waals surface area (Å²) < 4.78 is 0. The molecule has 0 saturated carbocycles. The van der Waals surface area contributed by atoms with E-state index in [0.29, 0.717) is 19.1 Å². The van der Waals surface area contributed by atoms with Crippen molar-refractivity contribution in [3.63, 3.8) is 0 Å². The molecule has 1 aromatic heterocycles. The maximum atomic E-state index is 12.4. The SMILES string of the molecule is CN(C)C(CNC(=O)NCC1CCCCN1Cc1ccccc1)c1ccsc1. The molecule has 6 heteroatoms. The first-order valence-corrected chi connectivity index (χ1v) is 11.1. The summed E-state index contributed by atoms with van der Waals surface area (Å²) in [5.41, 5.74) is 2.58. The summed E-state index contributed by atoms with van der Waals surface area (Å²) in [4.78, 5) is 17.0. The molecule has 2 heterocycles. The third-order valence-corrected chi connectivity index (χ3v) is 6.18. The number of piperidine rings is 1. The fraction of sp³-hybridized carbons (Fsp3) is 0.500. The zero-order valence-corrected chi connectivity index (χ0v) is 17.8. The Morgan fingerprint density at radius 2 is 2.04 bits per heavy atom. The summed E-state index contributed by atoms with van der Waals surface area (Å²) >= 11 is 1.69. The molecule has 1 aliphatic heterocycles. The van der Waals surface area contributed by atoms with Gasteiger partial charge in [0, 0.05) is 25.7 Å². The number of hydrogen-bond acceptors (Lipinski definition) is 4. The summed E-state index contributed by atoms with van der Waals surface area (Å²) in [6.45, 7) is 3.36. The van der Waals surface area contributed by atoms with Crippen molar-refractivity contribution in [3.05, 3.63) is 58.3 Å².